The van der Waals surface area contributed by atoms with Crippen molar-refractivity contribution in [3.05, 3.63) is 45.8 Å². The number of anilines is 1. The molecule has 1 aliphatic heterocycles. The third-order valence-electron chi connectivity index (χ3n) is 4.71. The van der Waals surface area contributed by atoms with Gasteiger partial charge in [-0.3, -0.25) is 9.69 Å². The van der Waals surface area contributed by atoms with Crippen LogP contribution in [0, 0.1) is 6.92 Å². The molecule has 0 saturated carbocycles. The van der Waals surface area contributed by atoms with E-state index in [9.17, 15) is 9.59 Å². The summed E-state index contributed by atoms with van der Waals surface area (Å²) in [6.45, 7) is 7.00. The van der Waals surface area contributed by atoms with Crippen LogP contribution in [0.5, 0.6) is 0 Å². The Hall–Kier alpha value is -1.83. The minimum atomic E-state index is -0.372. The summed E-state index contributed by atoms with van der Waals surface area (Å²) < 4.78 is 5.00. The van der Waals surface area contributed by atoms with E-state index >= 15 is 0 Å². The number of benzene rings is 1. The van der Waals surface area contributed by atoms with Gasteiger partial charge in [0.05, 0.1) is 18.4 Å². The van der Waals surface area contributed by atoms with Crippen molar-refractivity contribution in [3.63, 3.8) is 0 Å². The minimum Gasteiger partial charge on any atom is -0.465 e. The van der Waals surface area contributed by atoms with Gasteiger partial charge in [0, 0.05) is 22.9 Å². The van der Waals surface area contributed by atoms with E-state index in [0.29, 0.717) is 16.3 Å². The molecule has 1 aromatic carbocycles. The quantitative estimate of drug-likeness (QED) is 0.535. The van der Waals surface area contributed by atoms with Gasteiger partial charge in [0.15, 0.2) is 0 Å². The second-order valence-corrected chi connectivity index (χ2v) is 9.03. The smallest absolute Gasteiger partial charge is 0.341 e. The van der Waals surface area contributed by atoms with Gasteiger partial charge in [-0.05, 0) is 44.0 Å². The van der Waals surface area contributed by atoms with Gasteiger partial charge in [-0.25, -0.2) is 4.79 Å². The highest BCUT2D eigenvalue weighted by Gasteiger charge is 2.29. The number of amides is 1. The average molecular weight is 419 g/mol. The molecule has 0 fully saturated rings. The fraction of sp³-hybridized carbons (Fsp3) is 0.429. The number of nitrogens with one attached hydrogen (secondary N) is 1. The molecule has 1 aromatic heterocycles. The van der Waals surface area contributed by atoms with Crippen molar-refractivity contribution in [3.8, 4) is 0 Å². The molecule has 1 amide bonds. The van der Waals surface area contributed by atoms with Gasteiger partial charge in [-0.2, -0.15) is 0 Å². The SMILES string of the molecule is CCCN1CCc2c(sc(NC(=O)CSc3ccc(C)cc3)c2C(=O)OC)C1. The molecule has 1 N–H and O–H groups in total. The summed E-state index contributed by atoms with van der Waals surface area (Å²) in [5, 5.41) is 3.57. The van der Waals surface area contributed by atoms with Gasteiger partial charge in [0.25, 0.3) is 0 Å². The maximum absolute atomic E-state index is 12.5. The van der Waals surface area contributed by atoms with Gasteiger partial charge < -0.3 is 10.1 Å². The third-order valence-corrected chi connectivity index (χ3v) is 6.85. The van der Waals surface area contributed by atoms with Gasteiger partial charge in [-0.1, -0.05) is 24.6 Å². The Labute approximate surface area is 174 Å². The molecule has 0 radical (unpaired) electrons. The Balaban J connectivity index is 1.72. The van der Waals surface area contributed by atoms with E-state index in [4.69, 9.17) is 4.74 Å². The van der Waals surface area contributed by atoms with Gasteiger partial charge >= 0.3 is 5.97 Å². The highest BCUT2D eigenvalue weighted by atomic mass is 32.2. The zero-order valence-corrected chi connectivity index (χ0v) is 18.2. The van der Waals surface area contributed by atoms with E-state index in [1.54, 1.807) is 0 Å². The summed E-state index contributed by atoms with van der Waals surface area (Å²) in [5.41, 5.74) is 2.76. The molecule has 3 rings (SSSR count). The number of nitrogens with zero attached hydrogens (tertiary/aromatic N) is 1. The molecule has 7 heteroatoms. The van der Waals surface area contributed by atoms with Crippen molar-refractivity contribution in [2.45, 2.75) is 38.1 Å². The van der Waals surface area contributed by atoms with Crippen molar-refractivity contribution >= 4 is 40.0 Å². The second-order valence-electron chi connectivity index (χ2n) is 6.88. The molecule has 150 valence electrons. The van der Waals surface area contributed by atoms with E-state index < -0.39 is 0 Å². The Kier molecular flexibility index (Phi) is 7.15. The number of fused-ring (bicyclic) bond motifs is 1. The van der Waals surface area contributed by atoms with Gasteiger partial charge in [0.2, 0.25) is 5.91 Å². The van der Waals surface area contributed by atoms with Crippen LogP contribution >= 0.6 is 23.1 Å². The molecular formula is C21H26N2O3S2. The molecule has 28 heavy (non-hydrogen) atoms. The van der Waals surface area contributed by atoms with E-state index in [-0.39, 0.29) is 11.9 Å². The number of thiophene rings is 1. The van der Waals surface area contributed by atoms with Crippen molar-refractivity contribution < 1.29 is 14.3 Å². The van der Waals surface area contributed by atoms with Crippen LogP contribution in [0.25, 0.3) is 0 Å². The zero-order chi connectivity index (χ0) is 20.1. The number of aryl methyl sites for hydroxylation is 1. The van der Waals surface area contributed by atoms with E-state index in [1.807, 2.05) is 31.2 Å². The molecule has 0 bridgehead atoms. The zero-order valence-electron chi connectivity index (χ0n) is 16.5. The lowest BCUT2D eigenvalue weighted by Gasteiger charge is -2.26. The van der Waals surface area contributed by atoms with Crippen LogP contribution in [-0.2, 0) is 22.5 Å². The molecule has 0 atom stereocenters. The minimum absolute atomic E-state index is 0.111. The molecule has 2 aromatic rings. The van der Waals surface area contributed by atoms with Crippen LogP contribution in [0.1, 0.15) is 39.7 Å². The van der Waals surface area contributed by atoms with Crippen LogP contribution in [-0.4, -0.2) is 42.7 Å². The first-order chi connectivity index (χ1) is 13.5. The largest absolute Gasteiger partial charge is 0.465 e. The predicted octanol–water partition coefficient (Wildman–Crippen LogP) is 4.34. The van der Waals surface area contributed by atoms with Crippen LogP contribution in [0.3, 0.4) is 0 Å². The lowest BCUT2D eigenvalue weighted by atomic mass is 10.0. The van der Waals surface area contributed by atoms with Crippen LogP contribution in [0.2, 0.25) is 0 Å². The summed E-state index contributed by atoms with van der Waals surface area (Å²) in [6, 6.07) is 8.09. The number of thioether (sulfide) groups is 1. The number of carbonyl (C=O) groups excluding carboxylic acids is 2. The Morgan fingerprint density at radius 1 is 1.29 bits per heavy atom. The average Bonchev–Trinajstić information content (AvgIpc) is 3.04. The van der Waals surface area contributed by atoms with Gasteiger partial charge in [0.1, 0.15) is 5.00 Å². The maximum atomic E-state index is 12.5. The summed E-state index contributed by atoms with van der Waals surface area (Å²) in [4.78, 5) is 29.5. The molecule has 0 saturated heterocycles. The van der Waals surface area contributed by atoms with E-state index in [1.165, 1.54) is 35.8 Å². The first kappa shape index (κ1) is 20.9. The topological polar surface area (TPSA) is 58.6 Å². The maximum Gasteiger partial charge on any atom is 0.341 e. The lowest BCUT2D eigenvalue weighted by Crippen LogP contribution is -2.30. The molecule has 1 aliphatic rings. The first-order valence-corrected chi connectivity index (χ1v) is 11.3. The number of ether oxygens (including phenoxy) is 1. The van der Waals surface area contributed by atoms with Crippen LogP contribution < -0.4 is 5.32 Å². The summed E-state index contributed by atoms with van der Waals surface area (Å²) in [7, 11) is 1.39. The van der Waals surface area contributed by atoms with Crippen molar-refractivity contribution in [1.29, 1.82) is 0 Å². The number of esters is 1. The number of rotatable bonds is 7. The molecule has 0 unspecified atom stereocenters. The lowest BCUT2D eigenvalue weighted by molar-refractivity contribution is -0.113. The fourth-order valence-electron chi connectivity index (χ4n) is 3.32. The summed E-state index contributed by atoms with van der Waals surface area (Å²) >= 11 is 2.99. The highest BCUT2D eigenvalue weighted by Crippen LogP contribution is 2.37. The highest BCUT2D eigenvalue weighted by molar-refractivity contribution is 8.00. The molecule has 5 nitrogen and oxygen atoms in total. The second kappa shape index (κ2) is 9.58. The third kappa shape index (κ3) is 4.96. The Morgan fingerprint density at radius 2 is 2.04 bits per heavy atom. The Morgan fingerprint density at radius 3 is 2.71 bits per heavy atom. The molecule has 2 heterocycles. The molecule has 0 aliphatic carbocycles. The van der Waals surface area contributed by atoms with E-state index in [0.717, 1.165) is 47.8 Å². The first-order valence-electron chi connectivity index (χ1n) is 9.46. The number of hydrogen-bond donors (Lipinski definition) is 1. The number of carbonyl (C=O) groups is 2. The van der Waals surface area contributed by atoms with Crippen molar-refractivity contribution in [1.82, 2.24) is 4.90 Å². The standard InChI is InChI=1S/C21H26N2O3S2/c1-4-10-23-11-9-16-17(12-23)28-20(19(16)21(25)26-3)22-18(24)13-27-15-7-5-14(2)6-8-15/h5-8H,4,9-13H2,1-3H3,(H,22,24). The van der Waals surface area contributed by atoms with Crippen molar-refractivity contribution in [2.75, 3.05) is 31.3 Å². The molecule has 0 spiro atoms. The monoisotopic (exact) mass is 418 g/mol. The van der Waals surface area contributed by atoms with Crippen LogP contribution in [0.4, 0.5) is 5.00 Å². The number of hydrogen-bond acceptors (Lipinski definition) is 6. The Bertz CT molecular complexity index is 846. The predicted molar refractivity (Wildman–Crippen MR) is 115 cm³/mol. The van der Waals surface area contributed by atoms with Crippen LogP contribution in [0.15, 0.2) is 29.2 Å². The summed E-state index contributed by atoms with van der Waals surface area (Å²) in [6.07, 6.45) is 1.91. The number of methoxy groups -OCH3 is 1. The summed E-state index contributed by atoms with van der Waals surface area (Å²) in [5.74, 6) is -0.184. The normalized spacial score (nSPS) is 13.8. The fourth-order valence-corrected chi connectivity index (χ4v) is 5.31. The van der Waals surface area contributed by atoms with Gasteiger partial charge in [-0.15, -0.1) is 23.1 Å². The van der Waals surface area contributed by atoms with Crippen molar-refractivity contribution in [2.24, 2.45) is 0 Å². The molecular weight excluding hydrogens is 392 g/mol. The van der Waals surface area contributed by atoms with E-state index in [2.05, 4.69) is 17.1 Å².